The highest BCUT2D eigenvalue weighted by Gasteiger charge is 2.30. The van der Waals surface area contributed by atoms with E-state index >= 15 is 0 Å². The van der Waals surface area contributed by atoms with Gasteiger partial charge in [-0.3, -0.25) is 9.79 Å². The van der Waals surface area contributed by atoms with Gasteiger partial charge in [-0.25, -0.2) is 14.8 Å². The zero-order chi connectivity index (χ0) is 34.9. The van der Waals surface area contributed by atoms with Gasteiger partial charge in [-0.1, -0.05) is 59.6 Å². The Balaban J connectivity index is 1.28. The second-order valence-electron chi connectivity index (χ2n) is 13.0. The number of fused-ring (bicyclic) bond motifs is 1. The van der Waals surface area contributed by atoms with Crippen LogP contribution in [0.25, 0.3) is 22.4 Å². The summed E-state index contributed by atoms with van der Waals surface area (Å²) in [5.74, 6) is 0.929. The molecule has 1 saturated heterocycles. The fourth-order valence-corrected chi connectivity index (χ4v) is 6.56. The van der Waals surface area contributed by atoms with Crippen LogP contribution in [0.3, 0.4) is 0 Å². The van der Waals surface area contributed by atoms with Crippen molar-refractivity contribution >= 4 is 53.0 Å². The van der Waals surface area contributed by atoms with Crippen LogP contribution in [0.5, 0.6) is 5.88 Å². The second-order valence-corrected chi connectivity index (χ2v) is 13.7. The normalized spacial score (nSPS) is 18.4. The highest BCUT2D eigenvalue weighted by atomic mass is 35.5. The number of aromatic nitrogens is 1. The zero-order valence-corrected chi connectivity index (χ0v) is 29.1. The standard InChI is InChI=1S/C36H36Cl2N6O5/c1-36(2,3)49-35(47)43(18-22-12-16-31(46)40-22)17-21-11-13-28(41-34(21)48-4)26-9-5-7-24(32(26)37)25-8-6-10-27(33(25)38)29-14-15-30-39-23(20-45)19-44(30)42-29/h5-11,13-15,20,22-23H,12,16-19H2,1-4H3,(H,40,46)/t22-,23?/m0/s1. The molecule has 0 aliphatic carbocycles. The average molecular weight is 704 g/mol. The molecule has 11 nitrogen and oxygen atoms in total. The number of aliphatic imine (C=N–C) groups is 1. The van der Waals surface area contributed by atoms with Gasteiger partial charge in [0.1, 0.15) is 23.8 Å². The van der Waals surface area contributed by atoms with E-state index in [4.69, 9.17) is 37.7 Å². The van der Waals surface area contributed by atoms with Crippen molar-refractivity contribution in [2.75, 3.05) is 20.2 Å². The third-order valence-corrected chi connectivity index (χ3v) is 9.02. The number of amides is 2. The van der Waals surface area contributed by atoms with E-state index in [-0.39, 0.29) is 25.0 Å². The van der Waals surface area contributed by atoms with E-state index in [2.05, 4.69) is 15.4 Å². The number of hydrogen-bond acceptors (Lipinski definition) is 9. The SMILES string of the molecule is COc1nc(-c2cccc(-c3cccc(C4=NN5CC(C=O)N=C5C=C4)c3Cl)c2Cl)ccc1CN(C[C@@H]1CCC(=O)N1)C(=O)OC(C)(C)C. The van der Waals surface area contributed by atoms with Gasteiger partial charge in [0.05, 0.1) is 41.7 Å². The molecule has 1 unspecified atom stereocenters. The predicted molar refractivity (Wildman–Crippen MR) is 189 cm³/mol. The van der Waals surface area contributed by atoms with Crippen LogP contribution in [0.15, 0.2) is 70.8 Å². The number of hydrogen-bond donors (Lipinski definition) is 1. The Morgan fingerprint density at radius 2 is 1.73 bits per heavy atom. The highest BCUT2D eigenvalue weighted by molar-refractivity contribution is 6.40. The Kier molecular flexibility index (Phi) is 9.76. The van der Waals surface area contributed by atoms with Gasteiger partial charge in [-0.2, -0.15) is 5.10 Å². The summed E-state index contributed by atoms with van der Waals surface area (Å²) in [4.78, 5) is 47.1. The lowest BCUT2D eigenvalue weighted by Gasteiger charge is -2.29. The van der Waals surface area contributed by atoms with E-state index < -0.39 is 17.7 Å². The molecule has 13 heteroatoms. The number of carbonyl (C=O) groups excluding carboxylic acids is 3. The van der Waals surface area contributed by atoms with E-state index in [1.807, 2.05) is 81.5 Å². The van der Waals surface area contributed by atoms with E-state index in [9.17, 15) is 14.4 Å². The molecule has 3 aromatic rings. The lowest BCUT2D eigenvalue weighted by molar-refractivity contribution is -0.119. The van der Waals surface area contributed by atoms with Crippen LogP contribution in [0.1, 0.15) is 44.7 Å². The molecule has 0 radical (unpaired) electrons. The van der Waals surface area contributed by atoms with Crippen molar-refractivity contribution in [3.05, 3.63) is 81.9 Å². The van der Waals surface area contributed by atoms with Crippen molar-refractivity contribution in [1.29, 1.82) is 0 Å². The van der Waals surface area contributed by atoms with Gasteiger partial charge in [0.2, 0.25) is 11.8 Å². The van der Waals surface area contributed by atoms with Crippen LogP contribution < -0.4 is 10.1 Å². The van der Waals surface area contributed by atoms with Crippen LogP contribution in [0.2, 0.25) is 10.0 Å². The molecule has 0 spiro atoms. The number of rotatable bonds is 9. The maximum absolute atomic E-state index is 13.2. The first-order chi connectivity index (χ1) is 23.4. The molecular formula is C36H36Cl2N6O5. The predicted octanol–water partition coefficient (Wildman–Crippen LogP) is 6.30. The first-order valence-electron chi connectivity index (χ1n) is 15.9. The molecule has 49 heavy (non-hydrogen) atoms. The molecule has 2 amide bonds. The zero-order valence-electron chi connectivity index (χ0n) is 27.6. The number of nitrogens with zero attached hydrogens (tertiary/aromatic N) is 5. The fourth-order valence-electron chi connectivity index (χ4n) is 5.91. The number of amidine groups is 1. The number of hydrazone groups is 1. The van der Waals surface area contributed by atoms with Gasteiger partial charge in [-0.05, 0) is 51.5 Å². The molecular weight excluding hydrogens is 667 g/mol. The number of aldehydes is 1. The Morgan fingerprint density at radius 1 is 1.04 bits per heavy atom. The fraction of sp³-hybridized carbons (Fsp3) is 0.333. The minimum Gasteiger partial charge on any atom is -0.481 e. The topological polar surface area (TPSA) is 126 Å². The number of halogens is 2. The van der Waals surface area contributed by atoms with E-state index in [1.165, 1.54) is 7.11 Å². The van der Waals surface area contributed by atoms with Crippen LogP contribution in [-0.2, 0) is 20.9 Å². The van der Waals surface area contributed by atoms with Gasteiger partial charge >= 0.3 is 6.09 Å². The summed E-state index contributed by atoms with van der Waals surface area (Å²) in [6, 6.07) is 14.4. The van der Waals surface area contributed by atoms with Crippen LogP contribution in [-0.4, -0.2) is 82.6 Å². The summed E-state index contributed by atoms with van der Waals surface area (Å²) in [6.07, 6.45) is 5.03. The van der Waals surface area contributed by atoms with Gasteiger partial charge in [-0.15, -0.1) is 0 Å². The Hall–Kier alpha value is -4.74. The second kappa shape index (κ2) is 14.0. The van der Waals surface area contributed by atoms with E-state index in [0.29, 0.717) is 80.4 Å². The minimum absolute atomic E-state index is 0.0335. The van der Waals surface area contributed by atoms with Crippen molar-refractivity contribution in [2.24, 2.45) is 10.1 Å². The smallest absolute Gasteiger partial charge is 0.410 e. The number of allylic oxidation sites excluding steroid dienone is 1. The molecule has 1 N–H and O–H groups in total. The molecule has 1 aromatic heterocycles. The number of carbonyl (C=O) groups is 3. The first kappa shape index (κ1) is 34.1. The van der Waals surface area contributed by atoms with Gasteiger partial charge < -0.3 is 24.5 Å². The third kappa shape index (κ3) is 7.47. The van der Waals surface area contributed by atoms with Crippen LogP contribution in [0, 0.1) is 0 Å². The summed E-state index contributed by atoms with van der Waals surface area (Å²) >= 11 is 14.1. The largest absolute Gasteiger partial charge is 0.481 e. The number of nitrogens with one attached hydrogen (secondary N) is 1. The van der Waals surface area contributed by atoms with Gasteiger partial charge in [0.15, 0.2) is 0 Å². The Morgan fingerprint density at radius 3 is 2.39 bits per heavy atom. The Labute approximate surface area is 294 Å². The van der Waals surface area contributed by atoms with Crippen molar-refractivity contribution in [3.63, 3.8) is 0 Å². The van der Waals surface area contributed by atoms with Crippen molar-refractivity contribution in [2.45, 2.75) is 57.8 Å². The lowest BCUT2D eigenvalue weighted by atomic mass is 9.97. The number of ether oxygens (including phenoxy) is 2. The summed E-state index contributed by atoms with van der Waals surface area (Å²) < 4.78 is 11.4. The lowest BCUT2D eigenvalue weighted by Crippen LogP contribution is -2.43. The molecule has 3 aliphatic rings. The quantitative estimate of drug-likeness (QED) is 0.259. The first-order valence-corrected chi connectivity index (χ1v) is 16.7. The Bertz CT molecular complexity index is 1900. The molecule has 0 saturated carbocycles. The molecule has 254 valence electrons. The van der Waals surface area contributed by atoms with Crippen LogP contribution >= 0.6 is 23.2 Å². The summed E-state index contributed by atoms with van der Waals surface area (Å²) in [6.45, 7) is 6.25. The monoisotopic (exact) mass is 702 g/mol. The number of methoxy groups -OCH3 is 1. The maximum Gasteiger partial charge on any atom is 0.410 e. The molecule has 2 atom stereocenters. The van der Waals surface area contributed by atoms with Gasteiger partial charge in [0, 0.05) is 46.8 Å². The summed E-state index contributed by atoms with van der Waals surface area (Å²) in [7, 11) is 1.52. The average Bonchev–Trinajstić information content (AvgIpc) is 3.69. The molecule has 1 fully saturated rings. The minimum atomic E-state index is -0.696. The molecule has 3 aliphatic heterocycles. The summed E-state index contributed by atoms with van der Waals surface area (Å²) in [5.41, 5.74) is 3.96. The van der Waals surface area contributed by atoms with Crippen molar-refractivity contribution in [1.82, 2.24) is 20.2 Å². The van der Waals surface area contributed by atoms with Crippen LogP contribution in [0.4, 0.5) is 4.79 Å². The molecule has 2 aromatic carbocycles. The van der Waals surface area contributed by atoms with Crippen molar-refractivity contribution < 1.29 is 23.9 Å². The van der Waals surface area contributed by atoms with E-state index in [0.717, 1.165) is 6.29 Å². The number of benzene rings is 2. The molecule has 4 heterocycles. The number of pyridine rings is 1. The summed E-state index contributed by atoms with van der Waals surface area (Å²) in [5, 5.41) is 10.2. The third-order valence-electron chi connectivity index (χ3n) is 8.21. The van der Waals surface area contributed by atoms with Gasteiger partial charge in [0.25, 0.3) is 0 Å². The maximum atomic E-state index is 13.2. The van der Waals surface area contributed by atoms with Crippen molar-refractivity contribution in [3.8, 4) is 28.3 Å². The molecule has 6 rings (SSSR count). The van der Waals surface area contributed by atoms with E-state index in [1.54, 1.807) is 9.91 Å². The molecule has 0 bridgehead atoms. The highest BCUT2D eigenvalue weighted by Crippen LogP contribution is 2.41.